The molecule has 4 rings (SSSR count). The fourth-order valence-electron chi connectivity index (χ4n) is 4.56. The van der Waals surface area contributed by atoms with Crippen LogP contribution < -0.4 is 15.3 Å². The molecule has 1 fully saturated rings. The third kappa shape index (κ3) is 6.88. The zero-order valence-corrected chi connectivity index (χ0v) is 24.4. The number of carbonyl (C=O) groups excluding carboxylic acids is 1. The number of nitrogens with one attached hydrogen (secondary N) is 1. The van der Waals surface area contributed by atoms with Crippen LogP contribution in [0.2, 0.25) is 0 Å². The lowest BCUT2D eigenvalue weighted by Crippen LogP contribution is -2.45. The van der Waals surface area contributed by atoms with Gasteiger partial charge in [0.1, 0.15) is 47.5 Å². The van der Waals surface area contributed by atoms with E-state index in [0.717, 1.165) is 12.8 Å². The fraction of sp³-hybridized carbons (Fsp3) is 0.519. The van der Waals surface area contributed by atoms with Crippen LogP contribution in [0.1, 0.15) is 52.3 Å². The smallest absolute Gasteiger partial charge is 0.459 e. The van der Waals surface area contributed by atoms with Gasteiger partial charge in [0.2, 0.25) is 0 Å². The lowest BCUT2D eigenvalue weighted by molar-refractivity contribution is -0.146. The predicted octanol–water partition coefficient (Wildman–Crippen LogP) is 3.02. The summed E-state index contributed by atoms with van der Waals surface area (Å²) in [6, 6.07) is 10.6. The van der Waals surface area contributed by atoms with Crippen LogP contribution in [0.15, 0.2) is 48.8 Å². The van der Waals surface area contributed by atoms with E-state index in [1.807, 2.05) is 13.8 Å². The highest BCUT2D eigenvalue weighted by molar-refractivity contribution is 7.52. The highest BCUT2D eigenvalue weighted by Gasteiger charge is 2.54. The maximum atomic E-state index is 14.0. The summed E-state index contributed by atoms with van der Waals surface area (Å²) in [5, 5.41) is 28.7. The Morgan fingerprint density at radius 1 is 1.22 bits per heavy atom. The fourth-order valence-corrected chi connectivity index (χ4v) is 6.15. The number of ether oxygens (including phenoxy) is 2. The molecule has 1 aromatic carbocycles. The van der Waals surface area contributed by atoms with Gasteiger partial charge in [0.15, 0.2) is 5.82 Å². The van der Waals surface area contributed by atoms with Crippen molar-refractivity contribution in [3.8, 4) is 5.75 Å². The monoisotopic (exact) mass is 591 g/mol. The molecule has 3 heterocycles. The summed E-state index contributed by atoms with van der Waals surface area (Å²) in [4.78, 5) is 16.7. The van der Waals surface area contributed by atoms with Gasteiger partial charge in [0.05, 0.1) is 18.9 Å². The third-order valence-electron chi connectivity index (χ3n) is 7.27. The molecule has 2 aromatic heterocycles. The first kappa shape index (κ1) is 30.9. The van der Waals surface area contributed by atoms with Crippen LogP contribution in [0.25, 0.3) is 5.52 Å². The molecule has 0 bridgehead atoms. The molecule has 224 valence electrons. The minimum absolute atomic E-state index is 0.218. The van der Waals surface area contributed by atoms with Gasteiger partial charge in [-0.25, -0.2) is 14.1 Å². The average Bonchev–Trinajstić information content (AvgIpc) is 3.49. The average molecular weight is 592 g/mol. The Morgan fingerprint density at radius 2 is 1.93 bits per heavy atom. The number of hydrogen-bond acceptors (Lipinski definition) is 11. The zero-order chi connectivity index (χ0) is 29.8. The van der Waals surface area contributed by atoms with Crippen molar-refractivity contribution < 1.29 is 38.1 Å². The molecule has 0 aliphatic carbocycles. The third-order valence-corrected chi connectivity index (χ3v) is 8.89. The molecule has 0 radical (unpaired) electrons. The highest BCUT2D eigenvalue weighted by Crippen LogP contribution is 2.48. The minimum Gasteiger partial charge on any atom is -0.464 e. The maximum absolute atomic E-state index is 14.0. The van der Waals surface area contributed by atoms with E-state index in [0.29, 0.717) is 11.2 Å². The number of fused-ring (bicyclic) bond motifs is 1. The number of anilines is 1. The van der Waals surface area contributed by atoms with E-state index in [2.05, 4.69) is 15.2 Å². The number of hydrogen-bond donors (Lipinski definition) is 4. The van der Waals surface area contributed by atoms with Crippen molar-refractivity contribution >= 4 is 25.1 Å². The van der Waals surface area contributed by atoms with Crippen LogP contribution in [0, 0.1) is 5.92 Å². The Morgan fingerprint density at radius 3 is 2.61 bits per heavy atom. The predicted molar refractivity (Wildman–Crippen MR) is 150 cm³/mol. The van der Waals surface area contributed by atoms with Crippen LogP contribution in [-0.2, 0) is 23.4 Å². The molecule has 1 aliphatic heterocycles. The number of aliphatic hydroxyl groups is 2. The molecular weight excluding hydrogens is 553 g/mol. The molecule has 0 saturated carbocycles. The molecule has 14 heteroatoms. The van der Waals surface area contributed by atoms with E-state index in [4.69, 9.17) is 24.3 Å². The number of para-hydroxylation sites is 1. The number of esters is 1. The number of nitrogens with zero attached hydrogens (tertiary/aromatic N) is 3. The van der Waals surface area contributed by atoms with Crippen molar-refractivity contribution in [2.24, 2.45) is 5.92 Å². The van der Waals surface area contributed by atoms with E-state index >= 15 is 0 Å². The summed E-state index contributed by atoms with van der Waals surface area (Å²) in [7, 11) is -4.25. The maximum Gasteiger partial charge on any atom is 0.459 e. The van der Waals surface area contributed by atoms with Gasteiger partial charge < -0.3 is 29.9 Å². The molecule has 1 unspecified atom stereocenters. The molecule has 0 amide bonds. The Hall–Kier alpha value is -3.06. The van der Waals surface area contributed by atoms with E-state index in [-0.39, 0.29) is 24.1 Å². The van der Waals surface area contributed by atoms with Crippen LogP contribution in [-0.4, -0.2) is 67.8 Å². The number of aromatic nitrogens is 3. The normalized spacial score (nSPS) is 24.8. The summed E-state index contributed by atoms with van der Waals surface area (Å²) in [6.07, 6.45) is -0.846. The Kier molecular flexibility index (Phi) is 9.68. The van der Waals surface area contributed by atoms with Gasteiger partial charge in [-0.15, -0.1) is 0 Å². The first-order chi connectivity index (χ1) is 19.5. The number of benzene rings is 1. The second kappa shape index (κ2) is 12.8. The van der Waals surface area contributed by atoms with E-state index in [9.17, 15) is 19.6 Å². The van der Waals surface area contributed by atoms with Crippen LogP contribution in [0.4, 0.5) is 5.82 Å². The van der Waals surface area contributed by atoms with Crippen molar-refractivity contribution in [2.75, 3.05) is 18.9 Å². The zero-order valence-electron chi connectivity index (χ0n) is 23.5. The molecule has 41 heavy (non-hydrogen) atoms. The molecule has 1 saturated heterocycles. The highest BCUT2D eigenvalue weighted by atomic mass is 31.2. The van der Waals surface area contributed by atoms with Crippen LogP contribution in [0.5, 0.6) is 5.75 Å². The minimum atomic E-state index is -4.25. The largest absolute Gasteiger partial charge is 0.464 e. The van der Waals surface area contributed by atoms with Crippen molar-refractivity contribution in [2.45, 2.75) is 70.5 Å². The standard InChI is InChI=1S/C27H38N5O8P/c1-5-18(6-2)14-37-26(35)17(3)31-41(36,40-19-10-8-7-9-11-19)38-15-27(4)24(34)22(33)23(39-27)20-12-13-21-25(28)29-16-30-32(20)21/h7-13,16-18,22-24,33-34H,5-6,14-15H2,1-4H3,(H,31,36)(H2,28,29,30)/t17-,22-,23-,24-,27+,41?/m0/s1. The molecular formula is C27H38N5O8P. The lowest BCUT2D eigenvalue weighted by atomic mass is 9.97. The first-order valence-corrected chi connectivity index (χ1v) is 15.1. The van der Waals surface area contributed by atoms with Crippen LogP contribution >= 0.6 is 7.75 Å². The van der Waals surface area contributed by atoms with Gasteiger partial charge in [0.25, 0.3) is 0 Å². The van der Waals surface area contributed by atoms with Crippen LogP contribution in [0.3, 0.4) is 0 Å². The lowest BCUT2D eigenvalue weighted by Gasteiger charge is -2.30. The van der Waals surface area contributed by atoms with Gasteiger partial charge in [0, 0.05) is 0 Å². The van der Waals surface area contributed by atoms with Gasteiger partial charge in [-0.1, -0.05) is 44.9 Å². The number of aliphatic hydroxyl groups excluding tert-OH is 2. The van der Waals surface area contributed by atoms with Crippen molar-refractivity contribution in [1.29, 1.82) is 0 Å². The number of nitrogen functional groups attached to an aromatic ring is 1. The first-order valence-electron chi connectivity index (χ1n) is 13.6. The Bertz CT molecular complexity index is 1370. The summed E-state index contributed by atoms with van der Waals surface area (Å²) in [6.45, 7) is 6.82. The quantitative estimate of drug-likeness (QED) is 0.169. The van der Waals surface area contributed by atoms with Crippen molar-refractivity contribution in [3.05, 3.63) is 54.5 Å². The molecule has 1 aliphatic rings. The summed E-state index contributed by atoms with van der Waals surface area (Å²) >= 11 is 0. The van der Waals surface area contributed by atoms with Gasteiger partial charge in [-0.3, -0.25) is 9.32 Å². The molecule has 13 nitrogen and oxygen atoms in total. The van der Waals surface area contributed by atoms with Crippen molar-refractivity contribution in [3.63, 3.8) is 0 Å². The molecule has 6 atom stereocenters. The second-order valence-corrected chi connectivity index (χ2v) is 12.0. The molecule has 5 N–H and O–H groups in total. The summed E-state index contributed by atoms with van der Waals surface area (Å²) in [5.74, 6) is 0.0742. The van der Waals surface area contributed by atoms with E-state index in [1.165, 1.54) is 24.7 Å². The number of rotatable bonds is 13. The number of carbonyl (C=O) groups is 1. The van der Waals surface area contributed by atoms with Gasteiger partial charge in [-0.2, -0.15) is 10.2 Å². The number of nitrogens with two attached hydrogens (primary N) is 1. The van der Waals surface area contributed by atoms with E-state index in [1.54, 1.807) is 42.5 Å². The van der Waals surface area contributed by atoms with E-state index < -0.39 is 50.3 Å². The SMILES string of the molecule is CCC(CC)COC(=O)[C@H](C)NP(=O)(OC[C@@]1(C)O[C@@H](c2ccc3c(N)ncnn23)[C@H](O)[C@@H]1O)Oc1ccccc1. The van der Waals surface area contributed by atoms with Gasteiger partial charge in [-0.05, 0) is 44.0 Å². The Balaban J connectivity index is 1.51. The summed E-state index contributed by atoms with van der Waals surface area (Å²) in [5.41, 5.74) is 5.33. The summed E-state index contributed by atoms with van der Waals surface area (Å²) < 4.78 is 38.4. The Labute approximate surface area is 238 Å². The second-order valence-electron chi connectivity index (χ2n) is 10.3. The topological polar surface area (TPSA) is 180 Å². The van der Waals surface area contributed by atoms with Gasteiger partial charge >= 0.3 is 13.7 Å². The molecule has 0 spiro atoms. The van der Waals surface area contributed by atoms with Crippen molar-refractivity contribution in [1.82, 2.24) is 19.7 Å². The molecule has 3 aromatic rings.